The van der Waals surface area contributed by atoms with E-state index in [1.807, 2.05) is 12.3 Å². The molecule has 0 bridgehead atoms. The Morgan fingerprint density at radius 2 is 2.14 bits per heavy atom. The molecule has 0 saturated carbocycles. The summed E-state index contributed by atoms with van der Waals surface area (Å²) in [5, 5.41) is 4.56. The smallest absolute Gasteiger partial charge is 0.0457 e. The van der Waals surface area contributed by atoms with E-state index >= 15 is 0 Å². The molecule has 0 saturated heterocycles. The van der Waals surface area contributed by atoms with Crippen molar-refractivity contribution in [2.45, 2.75) is 6.54 Å². The van der Waals surface area contributed by atoms with Crippen molar-refractivity contribution < 1.29 is 0 Å². The fourth-order valence-electron chi connectivity index (χ4n) is 1.57. The molecule has 14 heavy (non-hydrogen) atoms. The van der Waals surface area contributed by atoms with Crippen LogP contribution in [0.1, 0.15) is 5.56 Å². The van der Waals surface area contributed by atoms with Crippen LogP contribution in [0.2, 0.25) is 0 Å². The lowest BCUT2D eigenvalue weighted by Gasteiger charge is -2.00. The van der Waals surface area contributed by atoms with Gasteiger partial charge in [-0.3, -0.25) is 0 Å². The summed E-state index contributed by atoms with van der Waals surface area (Å²) in [5.74, 6) is 0.655. The Labute approximate surface area is 88.3 Å². The molecule has 1 aromatic carbocycles. The van der Waals surface area contributed by atoms with Crippen LogP contribution in [0, 0.1) is 0 Å². The Morgan fingerprint density at radius 1 is 1.29 bits per heavy atom. The predicted octanol–water partition coefficient (Wildman–Crippen LogP) is 2.50. The fourth-order valence-corrected chi connectivity index (χ4v) is 1.70. The van der Waals surface area contributed by atoms with E-state index in [0.717, 1.165) is 13.1 Å². The molecule has 0 atom stereocenters. The van der Waals surface area contributed by atoms with Gasteiger partial charge < -0.3 is 10.3 Å². The van der Waals surface area contributed by atoms with Crippen LogP contribution in [0.4, 0.5) is 0 Å². The number of hydrogen-bond acceptors (Lipinski definition) is 1. The molecule has 2 aromatic rings. The van der Waals surface area contributed by atoms with Gasteiger partial charge >= 0.3 is 0 Å². The standard InChI is InChI=1S/C11H13ClN2/c12-5-6-13-7-9-8-14-11-4-2-1-3-10(9)11/h1-4,8,13-14H,5-7H2. The molecule has 0 spiro atoms. The number of fused-ring (bicyclic) bond motifs is 1. The van der Waals surface area contributed by atoms with Gasteiger partial charge in [-0.2, -0.15) is 0 Å². The van der Waals surface area contributed by atoms with Crippen molar-refractivity contribution in [2.75, 3.05) is 12.4 Å². The lowest BCUT2D eigenvalue weighted by molar-refractivity contribution is 0.734. The second-order valence-electron chi connectivity index (χ2n) is 3.23. The van der Waals surface area contributed by atoms with Crippen LogP contribution >= 0.6 is 11.6 Å². The van der Waals surface area contributed by atoms with Crippen LogP contribution in [-0.4, -0.2) is 17.4 Å². The molecule has 0 unspecified atom stereocenters. The number of aromatic nitrogens is 1. The number of para-hydroxylation sites is 1. The molecule has 2 nitrogen and oxygen atoms in total. The third-order valence-corrected chi connectivity index (χ3v) is 2.45. The minimum Gasteiger partial charge on any atom is -0.361 e. The van der Waals surface area contributed by atoms with Gasteiger partial charge in [-0.25, -0.2) is 0 Å². The first-order valence-electron chi connectivity index (χ1n) is 4.73. The molecule has 3 heteroatoms. The zero-order valence-electron chi connectivity index (χ0n) is 7.89. The highest BCUT2D eigenvalue weighted by atomic mass is 35.5. The molecular formula is C11H13ClN2. The minimum atomic E-state index is 0.655. The van der Waals surface area contributed by atoms with Gasteiger partial charge in [0.15, 0.2) is 0 Å². The quantitative estimate of drug-likeness (QED) is 0.587. The van der Waals surface area contributed by atoms with E-state index in [-0.39, 0.29) is 0 Å². The lowest BCUT2D eigenvalue weighted by Crippen LogP contribution is -2.15. The second-order valence-corrected chi connectivity index (χ2v) is 3.60. The van der Waals surface area contributed by atoms with Crippen LogP contribution in [0.25, 0.3) is 10.9 Å². The highest BCUT2D eigenvalue weighted by molar-refractivity contribution is 6.18. The molecule has 2 rings (SSSR count). The molecule has 0 aliphatic rings. The summed E-state index contributed by atoms with van der Waals surface area (Å²) in [6, 6.07) is 8.31. The maximum absolute atomic E-state index is 5.59. The number of rotatable bonds is 4. The van der Waals surface area contributed by atoms with Gasteiger partial charge in [-0.05, 0) is 11.6 Å². The Kier molecular flexibility index (Phi) is 3.07. The topological polar surface area (TPSA) is 27.8 Å². The fraction of sp³-hybridized carbons (Fsp3) is 0.273. The van der Waals surface area contributed by atoms with Gasteiger partial charge in [0, 0.05) is 36.1 Å². The predicted molar refractivity (Wildman–Crippen MR) is 60.7 cm³/mol. The number of nitrogens with one attached hydrogen (secondary N) is 2. The van der Waals surface area contributed by atoms with Gasteiger partial charge in [0.05, 0.1) is 0 Å². The lowest BCUT2D eigenvalue weighted by atomic mass is 10.2. The second kappa shape index (κ2) is 4.49. The molecule has 0 fully saturated rings. The van der Waals surface area contributed by atoms with E-state index in [0.29, 0.717) is 5.88 Å². The molecule has 2 N–H and O–H groups in total. The third-order valence-electron chi connectivity index (χ3n) is 2.26. The van der Waals surface area contributed by atoms with Crippen LogP contribution < -0.4 is 5.32 Å². The van der Waals surface area contributed by atoms with E-state index in [9.17, 15) is 0 Å². The summed E-state index contributed by atoms with van der Waals surface area (Å²) >= 11 is 5.59. The number of alkyl halides is 1. The number of benzene rings is 1. The molecule has 74 valence electrons. The summed E-state index contributed by atoms with van der Waals surface area (Å²) in [6.07, 6.45) is 2.05. The number of aromatic amines is 1. The van der Waals surface area contributed by atoms with E-state index < -0.39 is 0 Å². The molecule has 1 aromatic heterocycles. The average molecular weight is 209 g/mol. The Bertz CT molecular complexity index is 408. The van der Waals surface area contributed by atoms with Crippen LogP contribution in [0.15, 0.2) is 30.5 Å². The normalized spacial score (nSPS) is 10.9. The van der Waals surface area contributed by atoms with Gasteiger partial charge in [0.25, 0.3) is 0 Å². The first kappa shape index (κ1) is 9.56. The van der Waals surface area contributed by atoms with Crippen LogP contribution in [-0.2, 0) is 6.54 Å². The van der Waals surface area contributed by atoms with Crippen LogP contribution in [0.3, 0.4) is 0 Å². The number of hydrogen-bond donors (Lipinski definition) is 2. The van der Waals surface area contributed by atoms with Crippen molar-refractivity contribution in [3.05, 3.63) is 36.0 Å². The number of H-pyrrole nitrogens is 1. The molecule has 0 radical (unpaired) electrons. The molecule has 0 amide bonds. The van der Waals surface area contributed by atoms with Gasteiger partial charge in [0.1, 0.15) is 0 Å². The zero-order valence-corrected chi connectivity index (χ0v) is 8.64. The van der Waals surface area contributed by atoms with Gasteiger partial charge in [-0.15, -0.1) is 11.6 Å². The number of halogens is 1. The highest BCUT2D eigenvalue weighted by Gasteiger charge is 2.00. The maximum atomic E-state index is 5.59. The molecule has 1 heterocycles. The Morgan fingerprint density at radius 3 is 3.00 bits per heavy atom. The van der Waals surface area contributed by atoms with Crippen molar-refractivity contribution in [3.8, 4) is 0 Å². The minimum absolute atomic E-state index is 0.655. The average Bonchev–Trinajstić information content (AvgIpc) is 2.63. The van der Waals surface area contributed by atoms with Crippen molar-refractivity contribution in [1.29, 1.82) is 0 Å². The van der Waals surface area contributed by atoms with E-state index in [1.54, 1.807) is 0 Å². The molecule has 0 aliphatic heterocycles. The monoisotopic (exact) mass is 208 g/mol. The highest BCUT2D eigenvalue weighted by Crippen LogP contribution is 2.16. The summed E-state index contributed by atoms with van der Waals surface area (Å²) in [6.45, 7) is 1.72. The first-order chi connectivity index (χ1) is 6.92. The molecule has 0 aliphatic carbocycles. The van der Waals surface area contributed by atoms with E-state index in [1.165, 1.54) is 16.5 Å². The van der Waals surface area contributed by atoms with Crippen LogP contribution in [0.5, 0.6) is 0 Å². The largest absolute Gasteiger partial charge is 0.361 e. The SMILES string of the molecule is ClCCNCc1c[nH]c2ccccc12. The summed E-state index contributed by atoms with van der Waals surface area (Å²) in [7, 11) is 0. The van der Waals surface area contributed by atoms with Crippen molar-refractivity contribution in [3.63, 3.8) is 0 Å². The van der Waals surface area contributed by atoms with Crippen molar-refractivity contribution in [1.82, 2.24) is 10.3 Å². The Hall–Kier alpha value is -0.990. The van der Waals surface area contributed by atoms with Gasteiger partial charge in [-0.1, -0.05) is 18.2 Å². The van der Waals surface area contributed by atoms with Crippen molar-refractivity contribution in [2.24, 2.45) is 0 Å². The summed E-state index contributed by atoms with van der Waals surface area (Å²) < 4.78 is 0. The summed E-state index contributed by atoms with van der Waals surface area (Å²) in [5.41, 5.74) is 2.49. The Balaban J connectivity index is 2.17. The summed E-state index contributed by atoms with van der Waals surface area (Å²) in [4.78, 5) is 3.24. The first-order valence-corrected chi connectivity index (χ1v) is 5.27. The van der Waals surface area contributed by atoms with Gasteiger partial charge in [0.2, 0.25) is 0 Å². The maximum Gasteiger partial charge on any atom is 0.0457 e. The van der Waals surface area contributed by atoms with E-state index in [2.05, 4.69) is 28.5 Å². The third kappa shape index (κ3) is 1.91. The zero-order chi connectivity index (χ0) is 9.80. The van der Waals surface area contributed by atoms with E-state index in [4.69, 9.17) is 11.6 Å². The van der Waals surface area contributed by atoms with Crippen molar-refractivity contribution >= 4 is 22.5 Å². The molecular weight excluding hydrogens is 196 g/mol.